The van der Waals surface area contributed by atoms with Gasteiger partial charge in [-0.05, 0) is 139 Å². The van der Waals surface area contributed by atoms with Gasteiger partial charge in [0.25, 0.3) is 0 Å². The number of nitrogens with one attached hydrogen (secondary N) is 2. The Morgan fingerprint density at radius 3 is 2.49 bits per heavy atom. The third-order valence-corrected chi connectivity index (χ3v) is 12.4. The molecule has 0 saturated heterocycles. The maximum absolute atomic E-state index is 3.63. The fourth-order valence-electron chi connectivity index (χ4n) is 7.68. The van der Waals surface area contributed by atoms with Crippen LogP contribution in [0.3, 0.4) is 0 Å². The first kappa shape index (κ1) is 32.4. The first-order valence-corrected chi connectivity index (χ1v) is 20.4. The van der Waals surface area contributed by atoms with Crippen LogP contribution in [-0.4, -0.2) is 44.2 Å². The molecular formula is C41H50N4S2+2. The van der Waals surface area contributed by atoms with E-state index in [1.807, 2.05) is 21.6 Å². The smallest absolute Gasteiger partial charge is 0.205 e. The second-order valence-corrected chi connectivity index (χ2v) is 15.9. The van der Waals surface area contributed by atoms with Crippen LogP contribution in [0, 0.1) is 0 Å². The van der Waals surface area contributed by atoms with Crippen LogP contribution in [0.2, 0.25) is 0 Å². The van der Waals surface area contributed by atoms with E-state index in [2.05, 4.69) is 113 Å². The van der Waals surface area contributed by atoms with E-state index >= 15 is 0 Å². The van der Waals surface area contributed by atoms with E-state index in [4.69, 9.17) is 0 Å². The van der Waals surface area contributed by atoms with Crippen LogP contribution in [0.1, 0.15) is 65.3 Å². The molecule has 0 radical (unpaired) electrons. The van der Waals surface area contributed by atoms with E-state index in [9.17, 15) is 0 Å². The molecule has 1 atom stereocenters. The number of rotatable bonds is 12. The summed E-state index contributed by atoms with van der Waals surface area (Å²) in [6.07, 6.45) is 26.9. The Bertz CT molecular complexity index is 1640. The van der Waals surface area contributed by atoms with Gasteiger partial charge in [-0.1, -0.05) is 34.6 Å². The second kappa shape index (κ2) is 15.8. The molecule has 4 nitrogen and oxygen atoms in total. The summed E-state index contributed by atoms with van der Waals surface area (Å²) in [7, 11) is 4.03. The lowest BCUT2D eigenvalue weighted by atomic mass is 9.90. The summed E-state index contributed by atoms with van der Waals surface area (Å²) >= 11 is 0. The van der Waals surface area contributed by atoms with E-state index in [-0.39, 0.29) is 0 Å². The molecule has 2 aromatic carbocycles. The molecule has 5 heterocycles. The van der Waals surface area contributed by atoms with Crippen LogP contribution < -0.4 is 19.7 Å². The minimum atomic E-state index is 1.01. The predicted molar refractivity (Wildman–Crippen MR) is 205 cm³/mol. The molecule has 0 spiro atoms. The number of benzene rings is 2. The minimum absolute atomic E-state index is 1.01. The second-order valence-electron chi connectivity index (χ2n) is 13.2. The van der Waals surface area contributed by atoms with Crippen molar-refractivity contribution < 1.29 is 9.47 Å². The average Bonchev–Trinajstić information content (AvgIpc) is 3.12. The molecule has 3 aromatic rings. The quantitative estimate of drug-likeness (QED) is 0.122. The lowest BCUT2D eigenvalue weighted by molar-refractivity contribution is -0.849. The zero-order valence-corrected chi connectivity index (χ0v) is 29.6. The Morgan fingerprint density at radius 1 is 0.872 bits per heavy atom. The highest BCUT2D eigenvalue weighted by atomic mass is 33.1. The standard InChI is InChI=1S/C41H48N4S2/c1-2-34-28-32(29-35-10-7-19-42-40(34)35)15-17-38-13-3-5-20-43(38)24-26-46-47-27-25-44-21-6-4-14-39(44)18-16-33-30-36-11-8-22-45-23-9-12-37(31-33)41(36)45/h3-6,13-18,20,28-31H,2,7-12,19,21-27H2,1H3/p+2/b18-16+. The third kappa shape index (κ3) is 7.93. The Kier molecular flexibility index (Phi) is 10.9. The Morgan fingerprint density at radius 2 is 1.64 bits per heavy atom. The molecule has 2 N–H and O–H groups in total. The number of aromatic nitrogens is 1. The average molecular weight is 663 g/mol. The summed E-state index contributed by atoms with van der Waals surface area (Å²) in [5.74, 6) is 2.25. The normalized spacial score (nSPS) is 18.7. The largest absolute Gasteiger partial charge is 0.385 e. The van der Waals surface area contributed by atoms with Crippen molar-refractivity contribution in [2.45, 2.75) is 58.4 Å². The number of aryl methyl sites for hydroxylation is 5. The lowest BCUT2D eigenvalue weighted by Gasteiger charge is -2.37. The van der Waals surface area contributed by atoms with Crippen LogP contribution in [0.25, 0.3) is 18.2 Å². The van der Waals surface area contributed by atoms with Gasteiger partial charge in [-0.2, -0.15) is 4.57 Å². The molecule has 7 rings (SSSR count). The van der Waals surface area contributed by atoms with E-state index in [1.165, 1.54) is 90.9 Å². The molecule has 244 valence electrons. The minimum Gasteiger partial charge on any atom is -0.385 e. The summed E-state index contributed by atoms with van der Waals surface area (Å²) in [6.45, 7) is 9.06. The lowest BCUT2D eigenvalue weighted by Crippen LogP contribution is -3.10. The number of hydrogen-bond donors (Lipinski definition) is 2. The highest BCUT2D eigenvalue weighted by Crippen LogP contribution is 2.36. The van der Waals surface area contributed by atoms with Crippen molar-refractivity contribution in [2.24, 2.45) is 0 Å². The molecule has 0 aliphatic carbocycles. The van der Waals surface area contributed by atoms with Crippen LogP contribution >= 0.6 is 21.6 Å². The zero-order valence-electron chi connectivity index (χ0n) is 28.0. The highest BCUT2D eigenvalue weighted by molar-refractivity contribution is 8.76. The van der Waals surface area contributed by atoms with E-state index < -0.39 is 0 Å². The Labute approximate surface area is 290 Å². The van der Waals surface area contributed by atoms with Crippen molar-refractivity contribution in [3.8, 4) is 0 Å². The van der Waals surface area contributed by atoms with Gasteiger partial charge in [0.05, 0.1) is 18.1 Å². The van der Waals surface area contributed by atoms with Gasteiger partial charge >= 0.3 is 0 Å². The first-order chi connectivity index (χ1) is 23.2. The summed E-state index contributed by atoms with van der Waals surface area (Å²) in [6, 6.07) is 16.2. The van der Waals surface area contributed by atoms with E-state index in [0.717, 1.165) is 44.1 Å². The number of hydrogen-bond acceptors (Lipinski definition) is 4. The van der Waals surface area contributed by atoms with Gasteiger partial charge in [0, 0.05) is 49.2 Å². The molecule has 1 aromatic heterocycles. The third-order valence-electron chi connectivity index (χ3n) is 10.0. The van der Waals surface area contributed by atoms with Crippen LogP contribution in [-0.2, 0) is 32.2 Å². The van der Waals surface area contributed by atoms with Gasteiger partial charge in [-0.25, -0.2) is 0 Å². The van der Waals surface area contributed by atoms with Gasteiger partial charge < -0.3 is 10.2 Å². The van der Waals surface area contributed by atoms with E-state index in [1.54, 1.807) is 21.7 Å². The number of pyridine rings is 1. The molecule has 4 aliphatic rings. The van der Waals surface area contributed by atoms with Crippen LogP contribution in [0.5, 0.6) is 0 Å². The number of quaternary nitrogens is 1. The van der Waals surface area contributed by atoms with Crippen LogP contribution in [0.15, 0.2) is 78.7 Å². The molecule has 6 heteroatoms. The molecule has 0 bridgehead atoms. The van der Waals surface area contributed by atoms with Gasteiger partial charge in [-0.15, -0.1) is 0 Å². The SMILES string of the molecule is CCc1cc(/C=C/c2cccc[n+]2CCSSCC[NH+]2CC=CC=C2/C=C/c2cc3c4c(c2)CCCN4CCC3)cc2c1NCCC2. The maximum Gasteiger partial charge on any atom is 0.205 e. The van der Waals surface area contributed by atoms with Crippen molar-refractivity contribution in [1.29, 1.82) is 0 Å². The highest BCUT2D eigenvalue weighted by Gasteiger charge is 2.24. The number of anilines is 2. The van der Waals surface area contributed by atoms with Crippen molar-refractivity contribution >= 4 is 51.2 Å². The number of allylic oxidation sites excluding steroid dienone is 3. The van der Waals surface area contributed by atoms with Gasteiger partial charge in [-0.3, -0.25) is 4.90 Å². The Hall–Kier alpha value is -3.19. The summed E-state index contributed by atoms with van der Waals surface area (Å²) in [4.78, 5) is 4.20. The van der Waals surface area contributed by atoms with Crippen LogP contribution in [0.4, 0.5) is 11.4 Å². The molecule has 0 saturated carbocycles. The Balaban J connectivity index is 0.897. The topological polar surface area (TPSA) is 23.6 Å². The van der Waals surface area contributed by atoms with E-state index in [0.29, 0.717) is 0 Å². The molecule has 1 unspecified atom stereocenters. The van der Waals surface area contributed by atoms with Gasteiger partial charge in [0.15, 0.2) is 12.7 Å². The first-order valence-electron chi connectivity index (χ1n) is 17.9. The summed E-state index contributed by atoms with van der Waals surface area (Å²) in [5.41, 5.74) is 14.3. The molecule has 47 heavy (non-hydrogen) atoms. The van der Waals surface area contributed by atoms with Gasteiger partial charge in [0.1, 0.15) is 12.2 Å². The van der Waals surface area contributed by atoms with Gasteiger partial charge in [0.2, 0.25) is 5.69 Å². The van der Waals surface area contributed by atoms with Crippen molar-refractivity contribution in [1.82, 2.24) is 0 Å². The van der Waals surface area contributed by atoms with Crippen molar-refractivity contribution in [3.05, 3.63) is 118 Å². The predicted octanol–water partition coefficient (Wildman–Crippen LogP) is 7.20. The summed E-state index contributed by atoms with van der Waals surface area (Å²) in [5, 5.41) is 3.63. The van der Waals surface area contributed by atoms with Crippen molar-refractivity contribution in [3.63, 3.8) is 0 Å². The summed E-state index contributed by atoms with van der Waals surface area (Å²) < 4.78 is 2.39. The molecule has 4 aliphatic heterocycles. The fraction of sp³-hybridized carbons (Fsp3) is 0.390. The molecule has 0 amide bonds. The number of nitrogens with zero attached hydrogens (tertiary/aromatic N) is 2. The number of fused-ring (bicyclic) bond motifs is 1. The fourth-order valence-corrected chi connectivity index (χ4v) is 9.70. The molecular weight excluding hydrogens is 613 g/mol. The maximum atomic E-state index is 3.63. The monoisotopic (exact) mass is 662 g/mol. The molecule has 0 fully saturated rings. The zero-order chi connectivity index (χ0) is 31.8. The van der Waals surface area contributed by atoms with Crippen molar-refractivity contribution in [2.75, 3.05) is 54.4 Å².